The maximum Gasteiger partial charge on any atom is 0.339 e. The third-order valence-electron chi connectivity index (χ3n) is 2.76. The summed E-state index contributed by atoms with van der Waals surface area (Å²) in [5.41, 5.74) is -0.221. The van der Waals surface area contributed by atoms with E-state index in [-0.39, 0.29) is 16.0 Å². The fourth-order valence-electron chi connectivity index (χ4n) is 1.29. The molecule has 0 aliphatic heterocycles. The minimum atomic E-state index is -4.15. The highest BCUT2D eigenvalue weighted by atomic mass is 79.9. The first-order valence-electron chi connectivity index (χ1n) is 5.77. The molecular weight excluding hydrogens is 353 g/mol. The van der Waals surface area contributed by atoms with Gasteiger partial charge in [-0.3, -0.25) is 0 Å². The molecule has 0 saturated carbocycles. The van der Waals surface area contributed by atoms with E-state index in [1.165, 1.54) is 0 Å². The van der Waals surface area contributed by atoms with E-state index in [1.807, 2.05) is 13.8 Å². The monoisotopic (exact) mass is 367 g/mol. The van der Waals surface area contributed by atoms with Crippen LogP contribution in [0.4, 0.5) is 4.39 Å². The number of ether oxygens (including phenoxy) is 1. The van der Waals surface area contributed by atoms with Gasteiger partial charge in [-0.1, -0.05) is 13.8 Å². The molecule has 1 atom stereocenters. The van der Waals surface area contributed by atoms with Crippen LogP contribution in [0.1, 0.15) is 31.1 Å². The first-order chi connectivity index (χ1) is 9.04. The first kappa shape index (κ1) is 17.1. The zero-order chi connectivity index (χ0) is 15.7. The lowest BCUT2D eigenvalue weighted by Crippen LogP contribution is -2.21. The van der Waals surface area contributed by atoms with Gasteiger partial charge in [0.2, 0.25) is 10.0 Å². The minimum absolute atomic E-state index is 0.0731. The van der Waals surface area contributed by atoms with Gasteiger partial charge in [0.25, 0.3) is 0 Å². The van der Waals surface area contributed by atoms with Crippen LogP contribution in [0.15, 0.2) is 21.5 Å². The molecule has 0 aromatic heterocycles. The van der Waals surface area contributed by atoms with E-state index in [0.29, 0.717) is 0 Å². The van der Waals surface area contributed by atoms with E-state index in [1.54, 1.807) is 6.92 Å². The normalized spacial score (nSPS) is 13.3. The lowest BCUT2D eigenvalue weighted by Gasteiger charge is -2.17. The Balaban J connectivity index is 3.26. The van der Waals surface area contributed by atoms with Crippen molar-refractivity contribution in [3.8, 4) is 0 Å². The second-order valence-corrected chi connectivity index (χ2v) is 6.99. The Kier molecular flexibility index (Phi) is 5.28. The van der Waals surface area contributed by atoms with Gasteiger partial charge in [0, 0.05) is 0 Å². The third kappa shape index (κ3) is 4.00. The van der Waals surface area contributed by atoms with Gasteiger partial charge >= 0.3 is 5.97 Å². The van der Waals surface area contributed by atoms with E-state index in [2.05, 4.69) is 15.9 Å². The highest BCUT2D eigenvalue weighted by Crippen LogP contribution is 2.27. The molecule has 0 bridgehead atoms. The summed E-state index contributed by atoms with van der Waals surface area (Å²) >= 11 is 2.95. The zero-order valence-corrected chi connectivity index (χ0v) is 13.6. The van der Waals surface area contributed by atoms with Crippen LogP contribution in [0, 0.1) is 11.7 Å². The van der Waals surface area contributed by atoms with Gasteiger partial charge in [-0.05, 0) is 40.9 Å². The molecule has 0 fully saturated rings. The van der Waals surface area contributed by atoms with E-state index in [9.17, 15) is 17.6 Å². The van der Waals surface area contributed by atoms with Crippen LogP contribution >= 0.6 is 15.9 Å². The highest BCUT2D eigenvalue weighted by Gasteiger charge is 2.24. The van der Waals surface area contributed by atoms with Crippen molar-refractivity contribution in [1.82, 2.24) is 0 Å². The second kappa shape index (κ2) is 6.19. The highest BCUT2D eigenvalue weighted by molar-refractivity contribution is 9.10. The summed E-state index contributed by atoms with van der Waals surface area (Å²) in [6, 6.07) is 1.64. The second-order valence-electron chi connectivity index (χ2n) is 4.66. The standard InChI is InChI=1S/C12H15BrFNO4S/c1-6(2)7(3)19-12(16)9-4-8(14)5-10(11(9)13)20(15,17)18/h4-7H,1-3H3,(H2,15,17,18). The smallest absolute Gasteiger partial charge is 0.339 e. The molecule has 8 heteroatoms. The van der Waals surface area contributed by atoms with E-state index in [4.69, 9.17) is 9.88 Å². The lowest BCUT2D eigenvalue weighted by atomic mass is 10.1. The van der Waals surface area contributed by atoms with Gasteiger partial charge in [0.05, 0.1) is 14.9 Å². The van der Waals surface area contributed by atoms with Gasteiger partial charge in [-0.15, -0.1) is 0 Å². The number of sulfonamides is 1. The topological polar surface area (TPSA) is 86.5 Å². The summed E-state index contributed by atoms with van der Waals surface area (Å²) in [6.07, 6.45) is -0.393. The quantitative estimate of drug-likeness (QED) is 0.827. The number of rotatable bonds is 4. The van der Waals surface area contributed by atoms with Gasteiger partial charge in [0.15, 0.2) is 0 Å². The molecule has 0 aliphatic carbocycles. The van der Waals surface area contributed by atoms with Crippen LogP contribution in [0.2, 0.25) is 0 Å². The van der Waals surface area contributed by atoms with Crippen molar-refractivity contribution in [2.24, 2.45) is 11.1 Å². The number of nitrogens with two attached hydrogens (primary N) is 1. The molecule has 0 amide bonds. The van der Waals surface area contributed by atoms with E-state index in [0.717, 1.165) is 12.1 Å². The Morgan fingerprint density at radius 1 is 1.35 bits per heavy atom. The number of carbonyl (C=O) groups excluding carboxylic acids is 1. The summed E-state index contributed by atoms with van der Waals surface area (Å²) in [5.74, 6) is -1.63. The molecule has 0 heterocycles. The van der Waals surface area contributed by atoms with Crippen molar-refractivity contribution in [2.75, 3.05) is 0 Å². The number of hydrogen-bond acceptors (Lipinski definition) is 4. The fraction of sp³-hybridized carbons (Fsp3) is 0.417. The molecule has 2 N–H and O–H groups in total. The number of esters is 1. The van der Waals surface area contributed by atoms with Crippen LogP contribution < -0.4 is 5.14 Å². The van der Waals surface area contributed by atoms with E-state index >= 15 is 0 Å². The van der Waals surface area contributed by atoms with E-state index < -0.39 is 32.8 Å². The SMILES string of the molecule is CC(C)C(C)OC(=O)c1cc(F)cc(S(N)(=O)=O)c1Br. The summed E-state index contributed by atoms with van der Waals surface area (Å²) < 4.78 is 41.1. The number of benzene rings is 1. The predicted octanol–water partition coefficient (Wildman–Crippen LogP) is 2.44. The van der Waals surface area contributed by atoms with Crippen LogP contribution in [0.3, 0.4) is 0 Å². The van der Waals surface area contributed by atoms with Crippen LogP contribution in [-0.2, 0) is 14.8 Å². The van der Waals surface area contributed by atoms with Crippen LogP contribution in [0.25, 0.3) is 0 Å². The average molecular weight is 368 g/mol. The number of carbonyl (C=O) groups is 1. The van der Waals surface area contributed by atoms with Crippen molar-refractivity contribution in [3.63, 3.8) is 0 Å². The van der Waals surface area contributed by atoms with Crippen molar-refractivity contribution < 1.29 is 22.3 Å². The minimum Gasteiger partial charge on any atom is -0.459 e. The summed E-state index contributed by atoms with van der Waals surface area (Å²) in [5, 5.41) is 4.97. The fourth-order valence-corrected chi connectivity index (χ4v) is 2.99. The maximum absolute atomic E-state index is 13.4. The summed E-state index contributed by atoms with van der Waals surface area (Å²) in [7, 11) is -4.15. The van der Waals surface area contributed by atoms with Gasteiger partial charge in [-0.2, -0.15) is 0 Å². The molecule has 20 heavy (non-hydrogen) atoms. The van der Waals surface area contributed by atoms with Crippen molar-refractivity contribution in [2.45, 2.75) is 31.8 Å². The van der Waals surface area contributed by atoms with Gasteiger partial charge in [-0.25, -0.2) is 22.7 Å². The van der Waals surface area contributed by atoms with Crippen molar-refractivity contribution >= 4 is 31.9 Å². The molecule has 0 aliphatic rings. The Labute approximate surface area is 125 Å². The van der Waals surface area contributed by atoms with Crippen molar-refractivity contribution in [3.05, 3.63) is 28.0 Å². The van der Waals surface area contributed by atoms with Crippen LogP contribution in [0.5, 0.6) is 0 Å². The third-order valence-corrected chi connectivity index (χ3v) is 4.81. The molecule has 1 unspecified atom stereocenters. The molecule has 5 nitrogen and oxygen atoms in total. The molecule has 0 radical (unpaired) electrons. The zero-order valence-electron chi connectivity index (χ0n) is 11.2. The molecule has 112 valence electrons. The Bertz CT molecular complexity index is 631. The largest absolute Gasteiger partial charge is 0.459 e. The van der Waals surface area contributed by atoms with Crippen LogP contribution in [-0.4, -0.2) is 20.5 Å². The molecule has 0 spiro atoms. The molecule has 1 rings (SSSR count). The molecular formula is C12H15BrFNO4S. The van der Waals surface area contributed by atoms with Gasteiger partial charge < -0.3 is 4.74 Å². The predicted molar refractivity (Wildman–Crippen MR) is 75.2 cm³/mol. The molecule has 0 saturated heterocycles. The summed E-state index contributed by atoms with van der Waals surface area (Å²) in [4.78, 5) is 11.5. The first-order valence-corrected chi connectivity index (χ1v) is 8.10. The Morgan fingerprint density at radius 3 is 2.35 bits per heavy atom. The lowest BCUT2D eigenvalue weighted by molar-refractivity contribution is 0.0236. The summed E-state index contributed by atoms with van der Waals surface area (Å²) in [6.45, 7) is 5.40. The number of halogens is 2. The maximum atomic E-state index is 13.4. The average Bonchev–Trinajstić information content (AvgIpc) is 2.29. The van der Waals surface area contributed by atoms with Crippen molar-refractivity contribution in [1.29, 1.82) is 0 Å². The number of primary sulfonamides is 1. The molecule has 1 aromatic carbocycles. The van der Waals surface area contributed by atoms with Gasteiger partial charge in [0.1, 0.15) is 11.9 Å². The Hall–Kier alpha value is -0.990. The molecule has 1 aromatic rings. The Morgan fingerprint density at radius 2 is 1.90 bits per heavy atom. The number of hydrogen-bond donors (Lipinski definition) is 1.